The van der Waals surface area contributed by atoms with E-state index in [-0.39, 0.29) is 0 Å². The zero-order valence-corrected chi connectivity index (χ0v) is 16.0. The fourth-order valence-corrected chi connectivity index (χ4v) is 3.13. The van der Waals surface area contributed by atoms with Crippen LogP contribution in [0.3, 0.4) is 0 Å². The van der Waals surface area contributed by atoms with Gasteiger partial charge in [-0.05, 0) is 35.7 Å². The highest BCUT2D eigenvalue weighted by molar-refractivity contribution is 7.98. The van der Waals surface area contributed by atoms with E-state index < -0.39 is 0 Å². The van der Waals surface area contributed by atoms with Gasteiger partial charge in [-0.1, -0.05) is 55.9 Å². The number of nitrogens with zero attached hydrogens (tertiary/aromatic N) is 2. The van der Waals surface area contributed by atoms with Crippen molar-refractivity contribution in [3.63, 3.8) is 0 Å². The number of methoxy groups -OCH3 is 1. The molecule has 0 fully saturated rings. The monoisotopic (exact) mass is 366 g/mol. The van der Waals surface area contributed by atoms with Gasteiger partial charge in [-0.15, -0.1) is 0 Å². The lowest BCUT2D eigenvalue weighted by Crippen LogP contribution is -2.00. The van der Waals surface area contributed by atoms with Crippen LogP contribution in [-0.4, -0.2) is 17.1 Å². The minimum Gasteiger partial charge on any atom is -0.497 e. The van der Waals surface area contributed by atoms with Crippen LogP contribution in [0.4, 0.5) is 0 Å². The molecule has 1 aromatic heterocycles. The van der Waals surface area contributed by atoms with Gasteiger partial charge in [0.25, 0.3) is 0 Å². The van der Waals surface area contributed by atoms with Crippen LogP contribution in [0, 0.1) is 0 Å². The minimum absolute atomic E-state index is 0.298. The van der Waals surface area contributed by atoms with Gasteiger partial charge >= 0.3 is 0 Å². The number of thioether (sulfide) groups is 1. The molecule has 134 valence electrons. The highest BCUT2D eigenvalue weighted by Crippen LogP contribution is 2.28. The number of hydrogen-bond acceptors (Lipinski definition) is 5. The zero-order valence-electron chi connectivity index (χ0n) is 15.2. The van der Waals surface area contributed by atoms with Gasteiger partial charge in [-0.25, -0.2) is 4.98 Å². The van der Waals surface area contributed by atoms with Crippen molar-refractivity contribution in [2.24, 2.45) is 0 Å². The van der Waals surface area contributed by atoms with Crippen LogP contribution in [-0.2, 0) is 5.75 Å². The molecule has 0 N–H and O–H groups in total. The standard InChI is InChI=1S/C21H22N2O2S/c1-15(2)19-13-20(25-18-11-9-17(24-3)10-12-18)23-21(22-19)26-14-16-7-5-4-6-8-16/h4-13,15H,14H2,1-3H3. The summed E-state index contributed by atoms with van der Waals surface area (Å²) in [5.41, 5.74) is 2.22. The predicted octanol–water partition coefficient (Wildman–Crippen LogP) is 5.69. The molecule has 0 radical (unpaired) electrons. The van der Waals surface area contributed by atoms with E-state index in [4.69, 9.17) is 9.47 Å². The Morgan fingerprint density at radius 3 is 2.27 bits per heavy atom. The van der Waals surface area contributed by atoms with Crippen LogP contribution < -0.4 is 9.47 Å². The molecule has 0 saturated carbocycles. The third-order valence-electron chi connectivity index (χ3n) is 3.79. The number of benzene rings is 2. The van der Waals surface area contributed by atoms with Crippen molar-refractivity contribution in [1.29, 1.82) is 0 Å². The second-order valence-electron chi connectivity index (χ2n) is 6.12. The van der Waals surface area contributed by atoms with E-state index >= 15 is 0 Å². The van der Waals surface area contributed by atoms with E-state index in [1.807, 2.05) is 48.5 Å². The van der Waals surface area contributed by atoms with Gasteiger partial charge in [-0.3, -0.25) is 0 Å². The lowest BCUT2D eigenvalue weighted by molar-refractivity contribution is 0.411. The van der Waals surface area contributed by atoms with Gasteiger partial charge in [0.1, 0.15) is 11.5 Å². The first-order valence-corrected chi connectivity index (χ1v) is 9.50. The maximum Gasteiger partial charge on any atom is 0.223 e. The number of aromatic nitrogens is 2. The summed E-state index contributed by atoms with van der Waals surface area (Å²) in [5, 5.41) is 0.726. The van der Waals surface area contributed by atoms with Crippen molar-refractivity contribution in [3.8, 4) is 17.4 Å². The summed E-state index contributed by atoms with van der Waals surface area (Å²) in [7, 11) is 1.64. The highest BCUT2D eigenvalue weighted by atomic mass is 32.2. The van der Waals surface area contributed by atoms with Crippen LogP contribution >= 0.6 is 11.8 Å². The largest absolute Gasteiger partial charge is 0.497 e. The first kappa shape index (κ1) is 18.3. The Morgan fingerprint density at radius 1 is 0.923 bits per heavy atom. The molecule has 0 unspecified atom stereocenters. The summed E-state index contributed by atoms with van der Waals surface area (Å²) in [4.78, 5) is 9.24. The normalized spacial score (nSPS) is 10.8. The molecule has 0 aliphatic rings. The van der Waals surface area contributed by atoms with Crippen molar-refractivity contribution in [2.75, 3.05) is 7.11 Å². The summed E-state index contributed by atoms with van der Waals surface area (Å²) in [6, 6.07) is 19.7. The number of ether oxygens (including phenoxy) is 2. The molecule has 1 heterocycles. The molecule has 3 aromatic rings. The zero-order chi connectivity index (χ0) is 18.4. The Kier molecular flexibility index (Phi) is 6.12. The molecule has 5 heteroatoms. The molecule has 0 saturated heterocycles. The molecule has 0 amide bonds. The van der Waals surface area contributed by atoms with Crippen LogP contribution in [0.15, 0.2) is 65.8 Å². The Morgan fingerprint density at radius 2 is 1.62 bits per heavy atom. The van der Waals surface area contributed by atoms with E-state index in [0.29, 0.717) is 11.8 Å². The van der Waals surface area contributed by atoms with Crippen LogP contribution in [0.5, 0.6) is 17.4 Å². The average Bonchev–Trinajstić information content (AvgIpc) is 2.67. The second-order valence-corrected chi connectivity index (χ2v) is 7.06. The first-order valence-electron chi connectivity index (χ1n) is 8.51. The molecule has 0 aliphatic heterocycles. The molecule has 26 heavy (non-hydrogen) atoms. The third kappa shape index (κ3) is 4.99. The quantitative estimate of drug-likeness (QED) is 0.397. The average molecular weight is 366 g/mol. The van der Waals surface area contributed by atoms with Crippen molar-refractivity contribution in [1.82, 2.24) is 9.97 Å². The Hall–Kier alpha value is -2.53. The summed E-state index contributed by atoms with van der Waals surface area (Å²) in [6.07, 6.45) is 0. The fraction of sp³-hybridized carbons (Fsp3) is 0.238. The van der Waals surface area contributed by atoms with E-state index in [0.717, 1.165) is 28.1 Å². The van der Waals surface area contributed by atoms with Gasteiger partial charge < -0.3 is 9.47 Å². The first-order chi connectivity index (χ1) is 12.6. The van der Waals surface area contributed by atoms with Crippen LogP contribution in [0.1, 0.15) is 31.0 Å². The van der Waals surface area contributed by atoms with Gasteiger partial charge in [0.2, 0.25) is 5.88 Å². The van der Waals surface area contributed by atoms with Gasteiger partial charge in [0.05, 0.1) is 12.8 Å². The Labute approximate surface area is 158 Å². The Balaban J connectivity index is 1.78. The lowest BCUT2D eigenvalue weighted by atomic mass is 10.1. The van der Waals surface area contributed by atoms with E-state index in [1.54, 1.807) is 18.9 Å². The summed E-state index contributed by atoms with van der Waals surface area (Å²) < 4.78 is 11.1. The van der Waals surface area contributed by atoms with E-state index in [1.165, 1.54) is 5.56 Å². The van der Waals surface area contributed by atoms with Crippen molar-refractivity contribution < 1.29 is 9.47 Å². The van der Waals surface area contributed by atoms with E-state index in [9.17, 15) is 0 Å². The molecule has 2 aromatic carbocycles. The van der Waals surface area contributed by atoms with Gasteiger partial charge in [0.15, 0.2) is 5.16 Å². The van der Waals surface area contributed by atoms with E-state index in [2.05, 4.69) is 35.9 Å². The molecule has 3 rings (SSSR count). The van der Waals surface area contributed by atoms with Crippen molar-refractivity contribution in [2.45, 2.75) is 30.7 Å². The predicted molar refractivity (Wildman–Crippen MR) is 105 cm³/mol. The highest BCUT2D eigenvalue weighted by Gasteiger charge is 2.10. The third-order valence-corrected chi connectivity index (χ3v) is 4.70. The molecule has 4 nitrogen and oxygen atoms in total. The van der Waals surface area contributed by atoms with Gasteiger partial charge in [-0.2, -0.15) is 4.98 Å². The topological polar surface area (TPSA) is 44.2 Å². The van der Waals surface area contributed by atoms with Gasteiger partial charge in [0, 0.05) is 11.8 Å². The molecule has 0 atom stereocenters. The molecular formula is C21H22N2O2S. The number of hydrogen-bond donors (Lipinski definition) is 0. The number of rotatable bonds is 7. The van der Waals surface area contributed by atoms with Crippen molar-refractivity contribution >= 4 is 11.8 Å². The van der Waals surface area contributed by atoms with Crippen molar-refractivity contribution in [3.05, 3.63) is 71.9 Å². The van der Waals surface area contributed by atoms with Crippen LogP contribution in [0.25, 0.3) is 0 Å². The molecular weight excluding hydrogens is 344 g/mol. The smallest absolute Gasteiger partial charge is 0.223 e. The van der Waals surface area contributed by atoms with Crippen LogP contribution in [0.2, 0.25) is 0 Å². The molecule has 0 bridgehead atoms. The maximum absolute atomic E-state index is 5.94. The minimum atomic E-state index is 0.298. The summed E-state index contributed by atoms with van der Waals surface area (Å²) >= 11 is 1.61. The lowest BCUT2D eigenvalue weighted by Gasteiger charge is -2.11. The Bertz CT molecular complexity index is 836. The fourth-order valence-electron chi connectivity index (χ4n) is 2.32. The summed E-state index contributed by atoms with van der Waals surface area (Å²) in [6.45, 7) is 4.23. The second kappa shape index (κ2) is 8.72. The SMILES string of the molecule is COc1ccc(Oc2cc(C(C)C)nc(SCc3ccccc3)n2)cc1. The maximum atomic E-state index is 5.94. The summed E-state index contributed by atoms with van der Waals surface area (Å²) in [5.74, 6) is 3.20. The molecule has 0 aliphatic carbocycles. The molecule has 0 spiro atoms.